The van der Waals surface area contributed by atoms with Crippen LogP contribution < -0.4 is 5.32 Å². The van der Waals surface area contributed by atoms with E-state index in [-0.39, 0.29) is 24.0 Å². The zero-order valence-corrected chi connectivity index (χ0v) is 14.2. The fourth-order valence-electron chi connectivity index (χ4n) is 2.85. The van der Waals surface area contributed by atoms with Crippen LogP contribution in [0.15, 0.2) is 30.6 Å². The monoisotopic (exact) mass is 369 g/mol. The minimum atomic E-state index is -0.809. The lowest BCUT2D eigenvalue weighted by Gasteiger charge is -2.35. The Bertz CT molecular complexity index is 797. The van der Waals surface area contributed by atoms with Gasteiger partial charge >= 0.3 is 0 Å². The predicted molar refractivity (Wildman–Crippen MR) is 90.2 cm³/mol. The second-order valence-electron chi connectivity index (χ2n) is 5.57. The number of benzene rings is 1. The maximum atomic E-state index is 13.6. The molecular weight excluding hydrogens is 353 g/mol. The van der Waals surface area contributed by atoms with Crippen LogP contribution in [0.2, 0.25) is 0 Å². The van der Waals surface area contributed by atoms with Crippen molar-refractivity contribution in [2.75, 3.05) is 19.6 Å². The van der Waals surface area contributed by atoms with Gasteiger partial charge in [0, 0.05) is 50.7 Å². The fraction of sp³-hybridized carbons (Fsp3) is 0.333. The van der Waals surface area contributed by atoms with Gasteiger partial charge in [-0.3, -0.25) is 14.9 Å². The first-order valence-corrected chi connectivity index (χ1v) is 7.41. The largest absolute Gasteiger partial charge is 0.336 e. The number of non-ortho nitro benzene ring substituents is 1. The number of carbonyl (C=O) groups is 1. The number of amides is 1. The molecule has 1 atom stereocenters. The topological polar surface area (TPSA) is 93.3 Å². The predicted octanol–water partition coefficient (Wildman–Crippen LogP) is 1.68. The van der Waals surface area contributed by atoms with E-state index in [1.165, 1.54) is 0 Å². The molecule has 1 aromatic heterocycles. The van der Waals surface area contributed by atoms with Crippen molar-refractivity contribution in [3.8, 4) is 0 Å². The number of aromatic nitrogens is 2. The highest BCUT2D eigenvalue weighted by Gasteiger charge is 2.31. The number of rotatable bonds is 3. The maximum Gasteiger partial charge on any atom is 0.273 e. The van der Waals surface area contributed by atoms with Crippen LogP contribution in [0, 0.1) is 15.9 Å². The number of aryl methyl sites for hydroxylation is 1. The number of nitro groups is 1. The van der Waals surface area contributed by atoms with Crippen LogP contribution in [0.3, 0.4) is 0 Å². The SMILES string of the molecule is Cl.Cn1ccnc1C1CNCCN1C(=O)c1cc(F)cc([N+](=O)[O-])c1. The molecule has 1 saturated heterocycles. The minimum absolute atomic E-state index is 0. The van der Waals surface area contributed by atoms with Gasteiger partial charge in [-0.1, -0.05) is 0 Å². The van der Waals surface area contributed by atoms with E-state index in [4.69, 9.17) is 0 Å². The summed E-state index contributed by atoms with van der Waals surface area (Å²) < 4.78 is 15.5. The molecule has 8 nitrogen and oxygen atoms in total. The van der Waals surface area contributed by atoms with Gasteiger partial charge in [0.25, 0.3) is 11.6 Å². The molecule has 1 unspecified atom stereocenters. The number of halogens is 2. The molecule has 2 aromatic rings. The van der Waals surface area contributed by atoms with Crippen molar-refractivity contribution in [3.05, 3.63) is 57.9 Å². The fourth-order valence-corrected chi connectivity index (χ4v) is 2.85. The van der Waals surface area contributed by atoms with Crippen molar-refractivity contribution in [1.82, 2.24) is 19.8 Å². The number of hydrogen-bond acceptors (Lipinski definition) is 5. The molecular formula is C15H17ClFN5O3. The smallest absolute Gasteiger partial charge is 0.273 e. The molecule has 10 heteroatoms. The molecule has 1 fully saturated rings. The molecule has 134 valence electrons. The van der Waals surface area contributed by atoms with Crippen LogP contribution in [0.1, 0.15) is 22.2 Å². The van der Waals surface area contributed by atoms with Gasteiger partial charge in [-0.15, -0.1) is 12.4 Å². The summed E-state index contributed by atoms with van der Waals surface area (Å²) in [5.41, 5.74) is -0.482. The lowest BCUT2D eigenvalue weighted by Crippen LogP contribution is -2.49. The molecule has 0 spiro atoms. The van der Waals surface area contributed by atoms with Crippen LogP contribution in [-0.4, -0.2) is 44.9 Å². The van der Waals surface area contributed by atoms with Gasteiger partial charge in [0.1, 0.15) is 17.7 Å². The molecule has 2 heterocycles. The van der Waals surface area contributed by atoms with Crippen molar-refractivity contribution in [2.24, 2.45) is 7.05 Å². The normalized spacial score (nSPS) is 17.0. The Morgan fingerprint density at radius 1 is 1.44 bits per heavy atom. The van der Waals surface area contributed by atoms with Crippen molar-refractivity contribution >= 4 is 24.0 Å². The number of carbonyl (C=O) groups excluding carboxylic acids is 1. The van der Waals surface area contributed by atoms with Gasteiger partial charge in [0.2, 0.25) is 0 Å². The molecule has 1 N–H and O–H groups in total. The van der Waals surface area contributed by atoms with Crippen LogP contribution in [0.25, 0.3) is 0 Å². The summed E-state index contributed by atoms with van der Waals surface area (Å²) in [6.45, 7) is 1.50. The molecule has 3 rings (SSSR count). The molecule has 1 aromatic carbocycles. The van der Waals surface area contributed by atoms with E-state index in [0.29, 0.717) is 25.5 Å². The summed E-state index contributed by atoms with van der Waals surface area (Å²) in [5, 5.41) is 14.1. The van der Waals surface area contributed by atoms with Gasteiger partial charge in [-0.2, -0.15) is 0 Å². The molecule has 1 amide bonds. The number of nitro benzene ring substituents is 1. The highest BCUT2D eigenvalue weighted by molar-refractivity contribution is 5.95. The van der Waals surface area contributed by atoms with Crippen molar-refractivity contribution < 1.29 is 14.1 Å². The summed E-state index contributed by atoms with van der Waals surface area (Å²) in [5.74, 6) is -0.565. The lowest BCUT2D eigenvalue weighted by molar-refractivity contribution is -0.385. The highest BCUT2D eigenvalue weighted by atomic mass is 35.5. The zero-order chi connectivity index (χ0) is 17.3. The van der Waals surface area contributed by atoms with Crippen LogP contribution in [0.4, 0.5) is 10.1 Å². The van der Waals surface area contributed by atoms with E-state index in [0.717, 1.165) is 18.2 Å². The number of piperazine rings is 1. The molecule has 0 aliphatic carbocycles. The number of imidazole rings is 1. The Hall–Kier alpha value is -2.52. The first-order valence-electron chi connectivity index (χ1n) is 7.41. The quantitative estimate of drug-likeness (QED) is 0.656. The van der Waals surface area contributed by atoms with Crippen LogP contribution in [0.5, 0.6) is 0 Å². The van der Waals surface area contributed by atoms with E-state index in [9.17, 15) is 19.3 Å². The van der Waals surface area contributed by atoms with Gasteiger partial charge in [-0.25, -0.2) is 9.37 Å². The first kappa shape index (κ1) is 18.8. The van der Waals surface area contributed by atoms with Crippen molar-refractivity contribution in [3.63, 3.8) is 0 Å². The first-order chi connectivity index (χ1) is 11.5. The summed E-state index contributed by atoms with van der Waals surface area (Å²) >= 11 is 0. The van der Waals surface area contributed by atoms with E-state index in [1.54, 1.807) is 17.3 Å². The Labute approximate surface area is 149 Å². The Balaban J connectivity index is 0.00000225. The molecule has 1 aliphatic heterocycles. The van der Waals surface area contributed by atoms with E-state index in [1.807, 2.05) is 11.6 Å². The summed E-state index contributed by atoms with van der Waals surface area (Å²) in [4.78, 5) is 28.8. The van der Waals surface area contributed by atoms with E-state index in [2.05, 4.69) is 10.3 Å². The average molecular weight is 370 g/mol. The average Bonchev–Trinajstić information content (AvgIpc) is 2.99. The van der Waals surface area contributed by atoms with Crippen molar-refractivity contribution in [1.29, 1.82) is 0 Å². The van der Waals surface area contributed by atoms with E-state index < -0.39 is 22.3 Å². The maximum absolute atomic E-state index is 13.6. The lowest BCUT2D eigenvalue weighted by atomic mass is 10.1. The Kier molecular flexibility index (Phi) is 5.70. The van der Waals surface area contributed by atoms with Crippen molar-refractivity contribution in [2.45, 2.75) is 6.04 Å². The standard InChI is InChI=1S/C15H16FN5O3.ClH/c1-19-4-3-18-14(19)13-9-17-2-5-20(13)15(22)10-6-11(16)8-12(7-10)21(23)24;/h3-4,6-8,13,17H,2,5,9H2,1H3;1H. The summed E-state index contributed by atoms with van der Waals surface area (Å²) in [6.07, 6.45) is 3.42. The summed E-state index contributed by atoms with van der Waals surface area (Å²) in [7, 11) is 1.83. The third-order valence-electron chi connectivity index (χ3n) is 4.00. The molecule has 1 aliphatic rings. The Morgan fingerprint density at radius 3 is 2.84 bits per heavy atom. The summed E-state index contributed by atoms with van der Waals surface area (Å²) in [6, 6.07) is 2.59. The molecule has 0 saturated carbocycles. The van der Waals surface area contributed by atoms with Gasteiger partial charge in [-0.05, 0) is 6.07 Å². The second-order valence-corrected chi connectivity index (χ2v) is 5.57. The van der Waals surface area contributed by atoms with Crippen LogP contribution in [-0.2, 0) is 7.05 Å². The second kappa shape index (κ2) is 7.58. The third kappa shape index (κ3) is 3.77. The number of hydrogen-bond donors (Lipinski definition) is 1. The van der Waals surface area contributed by atoms with Crippen LogP contribution >= 0.6 is 12.4 Å². The highest BCUT2D eigenvalue weighted by Crippen LogP contribution is 2.24. The number of nitrogens with one attached hydrogen (secondary N) is 1. The molecule has 0 radical (unpaired) electrons. The van der Waals surface area contributed by atoms with E-state index >= 15 is 0 Å². The zero-order valence-electron chi connectivity index (χ0n) is 13.4. The number of nitrogens with zero attached hydrogens (tertiary/aromatic N) is 4. The third-order valence-corrected chi connectivity index (χ3v) is 4.00. The minimum Gasteiger partial charge on any atom is -0.336 e. The molecule has 25 heavy (non-hydrogen) atoms. The molecule has 0 bridgehead atoms. The van der Waals surface area contributed by atoms with Gasteiger partial charge in [0.05, 0.1) is 11.0 Å². The van der Waals surface area contributed by atoms with Gasteiger partial charge < -0.3 is 14.8 Å². The van der Waals surface area contributed by atoms with Gasteiger partial charge in [0.15, 0.2) is 0 Å². The Morgan fingerprint density at radius 2 is 2.20 bits per heavy atom.